The minimum Gasteiger partial charge on any atom is -0.475 e. The van der Waals surface area contributed by atoms with Gasteiger partial charge in [-0.3, -0.25) is 9.59 Å². The van der Waals surface area contributed by atoms with Gasteiger partial charge in [-0.1, -0.05) is 13.8 Å². The number of halogens is 3. The molecule has 0 saturated carbocycles. The van der Waals surface area contributed by atoms with Gasteiger partial charge in [-0.05, 0) is 12.8 Å². The molecule has 1 atom stereocenters. The first-order valence-corrected chi connectivity index (χ1v) is 8.92. The van der Waals surface area contributed by atoms with Gasteiger partial charge in [-0.15, -0.1) is 11.8 Å². The summed E-state index contributed by atoms with van der Waals surface area (Å²) in [5.41, 5.74) is 5.20. The maximum atomic E-state index is 12.2. The quantitative estimate of drug-likeness (QED) is 0.555. The van der Waals surface area contributed by atoms with E-state index in [1.54, 1.807) is 4.90 Å². The van der Waals surface area contributed by atoms with Gasteiger partial charge in [0.25, 0.3) is 0 Å². The molecule has 1 heterocycles. The van der Waals surface area contributed by atoms with E-state index in [-0.39, 0.29) is 29.1 Å². The molecule has 1 rings (SSSR count). The summed E-state index contributed by atoms with van der Waals surface area (Å²) in [7, 11) is 0. The zero-order valence-electron chi connectivity index (χ0n) is 15.0. The third-order valence-corrected chi connectivity index (χ3v) is 4.67. The monoisotopic (exact) mass is 412 g/mol. The van der Waals surface area contributed by atoms with Crippen molar-refractivity contribution in [2.24, 2.45) is 5.73 Å². The number of carbonyl (C=O) groups is 3. The van der Waals surface area contributed by atoms with E-state index in [0.717, 1.165) is 12.8 Å². The molecular weight excluding hydrogens is 389 g/mol. The van der Waals surface area contributed by atoms with Crippen molar-refractivity contribution in [1.82, 2.24) is 10.2 Å². The Hall–Kier alpha value is -2.00. The number of hydrogen-bond acceptors (Lipinski definition) is 6. The molecular formula is C15H23F3N4O4S. The van der Waals surface area contributed by atoms with Crippen molar-refractivity contribution >= 4 is 29.5 Å². The van der Waals surface area contributed by atoms with Gasteiger partial charge in [-0.2, -0.15) is 18.4 Å². The topological polar surface area (TPSA) is 137 Å². The number of nitrogens with two attached hydrogens (primary N) is 1. The highest BCUT2D eigenvalue weighted by atomic mass is 32.2. The van der Waals surface area contributed by atoms with Crippen LogP contribution in [0.4, 0.5) is 13.2 Å². The van der Waals surface area contributed by atoms with Crippen LogP contribution < -0.4 is 11.1 Å². The predicted octanol–water partition coefficient (Wildman–Crippen LogP) is 1.07. The van der Waals surface area contributed by atoms with Crippen LogP contribution in [-0.4, -0.2) is 63.7 Å². The van der Waals surface area contributed by atoms with Crippen molar-refractivity contribution in [3.63, 3.8) is 0 Å². The summed E-state index contributed by atoms with van der Waals surface area (Å²) < 4.78 is 31.4. The molecule has 4 N–H and O–H groups in total. The Balaban J connectivity index is 0.000000821. The molecule has 0 unspecified atom stereocenters. The molecule has 0 bridgehead atoms. The number of nitrogens with one attached hydrogen (secondary N) is 1. The summed E-state index contributed by atoms with van der Waals surface area (Å²) in [4.78, 5) is 33.9. The van der Waals surface area contributed by atoms with Gasteiger partial charge in [0.05, 0.1) is 18.5 Å². The number of rotatable bonds is 6. The average molecular weight is 412 g/mol. The van der Waals surface area contributed by atoms with Crippen LogP contribution in [0.25, 0.3) is 0 Å². The number of hydrogen-bond donors (Lipinski definition) is 3. The molecule has 1 fully saturated rings. The molecule has 0 aliphatic carbocycles. The largest absolute Gasteiger partial charge is 0.490 e. The van der Waals surface area contributed by atoms with E-state index < -0.39 is 12.1 Å². The van der Waals surface area contributed by atoms with Gasteiger partial charge in [0, 0.05) is 17.7 Å². The van der Waals surface area contributed by atoms with Crippen LogP contribution in [0.1, 0.15) is 33.1 Å². The molecule has 0 aromatic carbocycles. The number of carbonyl (C=O) groups excluding carboxylic acids is 2. The fraction of sp³-hybridized carbons (Fsp3) is 0.733. The van der Waals surface area contributed by atoms with E-state index >= 15 is 0 Å². The number of alkyl halides is 3. The highest BCUT2D eigenvalue weighted by molar-refractivity contribution is 8.00. The summed E-state index contributed by atoms with van der Waals surface area (Å²) in [5.74, 6) is -2.52. The smallest absolute Gasteiger partial charge is 0.475 e. The van der Waals surface area contributed by atoms with Crippen molar-refractivity contribution in [2.45, 2.75) is 50.1 Å². The summed E-state index contributed by atoms with van der Waals surface area (Å²) in [6, 6.07) is 1.90. The van der Waals surface area contributed by atoms with E-state index in [9.17, 15) is 22.8 Å². The molecule has 2 amide bonds. The van der Waals surface area contributed by atoms with Crippen LogP contribution in [0.15, 0.2) is 0 Å². The van der Waals surface area contributed by atoms with Gasteiger partial charge in [0.2, 0.25) is 11.8 Å². The number of aliphatic carboxylic acids is 1. The highest BCUT2D eigenvalue weighted by Crippen LogP contribution is 2.29. The number of nitriles is 1. The molecule has 154 valence electrons. The number of amides is 2. The molecule has 1 aliphatic rings. The van der Waals surface area contributed by atoms with Gasteiger partial charge < -0.3 is 21.1 Å². The lowest BCUT2D eigenvalue weighted by molar-refractivity contribution is -0.192. The van der Waals surface area contributed by atoms with Crippen molar-refractivity contribution in [3.8, 4) is 6.07 Å². The second-order valence-electron chi connectivity index (χ2n) is 6.21. The molecule has 1 saturated heterocycles. The van der Waals surface area contributed by atoms with E-state index in [0.29, 0.717) is 18.8 Å². The Morgan fingerprint density at radius 3 is 2.37 bits per heavy atom. The molecule has 27 heavy (non-hydrogen) atoms. The lowest BCUT2D eigenvalue weighted by Crippen LogP contribution is -2.39. The van der Waals surface area contributed by atoms with E-state index in [1.165, 1.54) is 11.8 Å². The van der Waals surface area contributed by atoms with Gasteiger partial charge in [0.1, 0.15) is 6.04 Å². The SMILES string of the molecule is CC(C)(CC(=O)N1CCC[C@H]1C#N)SCNC(=O)CN.O=C(O)C(F)(F)F. The van der Waals surface area contributed by atoms with Gasteiger partial charge >= 0.3 is 12.1 Å². The fourth-order valence-corrected chi connectivity index (χ4v) is 2.95. The second-order valence-corrected chi connectivity index (χ2v) is 7.89. The average Bonchev–Trinajstić information content (AvgIpc) is 3.02. The number of thioether (sulfide) groups is 1. The normalized spacial score (nSPS) is 16.8. The predicted molar refractivity (Wildman–Crippen MR) is 92.4 cm³/mol. The molecule has 0 radical (unpaired) electrons. The Kier molecular flexibility index (Phi) is 10.2. The van der Waals surface area contributed by atoms with E-state index in [1.807, 2.05) is 13.8 Å². The van der Waals surface area contributed by atoms with Crippen LogP contribution >= 0.6 is 11.8 Å². The minimum atomic E-state index is -5.08. The Morgan fingerprint density at radius 1 is 1.37 bits per heavy atom. The summed E-state index contributed by atoms with van der Waals surface area (Å²) in [6.45, 7) is 4.56. The van der Waals surface area contributed by atoms with Crippen LogP contribution in [0.3, 0.4) is 0 Å². The van der Waals surface area contributed by atoms with E-state index in [2.05, 4.69) is 11.4 Å². The number of carboxylic acid groups (broad SMARTS) is 1. The van der Waals surface area contributed by atoms with Gasteiger partial charge in [-0.25, -0.2) is 4.79 Å². The molecule has 0 spiro atoms. The maximum absolute atomic E-state index is 12.2. The zero-order chi connectivity index (χ0) is 21.3. The highest BCUT2D eigenvalue weighted by Gasteiger charge is 2.38. The third-order valence-electron chi connectivity index (χ3n) is 3.46. The summed E-state index contributed by atoms with van der Waals surface area (Å²) in [5, 5.41) is 18.8. The number of carboxylic acids is 1. The summed E-state index contributed by atoms with van der Waals surface area (Å²) in [6.07, 6.45) is -3.07. The molecule has 8 nitrogen and oxygen atoms in total. The molecule has 0 aromatic rings. The van der Waals surface area contributed by atoms with Crippen molar-refractivity contribution in [2.75, 3.05) is 19.0 Å². The van der Waals surface area contributed by atoms with Gasteiger partial charge in [0.15, 0.2) is 0 Å². The Labute approximate surface area is 159 Å². The lowest BCUT2D eigenvalue weighted by atomic mass is 10.1. The van der Waals surface area contributed by atoms with Crippen LogP contribution in [-0.2, 0) is 14.4 Å². The number of nitrogens with zero attached hydrogens (tertiary/aromatic N) is 2. The van der Waals surface area contributed by atoms with Crippen LogP contribution in [0.2, 0.25) is 0 Å². The Morgan fingerprint density at radius 2 is 1.93 bits per heavy atom. The third kappa shape index (κ3) is 10.0. The van der Waals surface area contributed by atoms with Crippen LogP contribution in [0, 0.1) is 11.3 Å². The first-order chi connectivity index (χ1) is 12.3. The van der Waals surface area contributed by atoms with Crippen molar-refractivity contribution < 1.29 is 32.7 Å². The standard InChI is InChI=1S/C13H22N4O2S.C2HF3O2/c1-13(2,20-9-16-11(18)8-15)6-12(19)17-5-3-4-10(17)7-14;3-2(4,5)1(6)7/h10H,3-6,8-9,15H2,1-2H3,(H,16,18);(H,6,7)/t10-;/m0./s1. The van der Waals surface area contributed by atoms with Crippen LogP contribution in [0.5, 0.6) is 0 Å². The summed E-state index contributed by atoms with van der Waals surface area (Å²) >= 11 is 1.50. The Bertz CT molecular complexity index is 578. The zero-order valence-corrected chi connectivity index (χ0v) is 15.8. The minimum absolute atomic E-state index is 0.0108. The molecule has 0 aromatic heterocycles. The van der Waals surface area contributed by atoms with Crippen molar-refractivity contribution in [3.05, 3.63) is 0 Å². The second kappa shape index (κ2) is 11.0. The van der Waals surface area contributed by atoms with Crippen molar-refractivity contribution in [1.29, 1.82) is 5.26 Å². The molecule has 12 heteroatoms. The maximum Gasteiger partial charge on any atom is 0.490 e. The number of likely N-dealkylation sites (tertiary alicyclic amines) is 1. The van der Waals surface area contributed by atoms with E-state index in [4.69, 9.17) is 20.9 Å². The fourth-order valence-electron chi connectivity index (χ4n) is 2.10. The lowest BCUT2D eigenvalue weighted by Gasteiger charge is -2.27. The first-order valence-electron chi connectivity index (χ1n) is 7.94. The first kappa shape index (κ1) is 25.0. The molecule has 1 aliphatic heterocycles.